The third kappa shape index (κ3) is 2.41. The molecule has 1 aromatic rings. The zero-order valence-electron chi connectivity index (χ0n) is 11.5. The van der Waals surface area contributed by atoms with E-state index in [2.05, 4.69) is 5.32 Å². The van der Waals surface area contributed by atoms with Crippen LogP contribution in [0.4, 0.5) is 5.69 Å². The van der Waals surface area contributed by atoms with E-state index < -0.39 is 0 Å². The Morgan fingerprint density at radius 1 is 1.50 bits per heavy atom. The van der Waals surface area contributed by atoms with Crippen LogP contribution in [0.3, 0.4) is 0 Å². The van der Waals surface area contributed by atoms with Gasteiger partial charge in [0.1, 0.15) is 0 Å². The molecular formula is C15H18N2O3. The van der Waals surface area contributed by atoms with Gasteiger partial charge in [-0.15, -0.1) is 0 Å². The van der Waals surface area contributed by atoms with Gasteiger partial charge in [-0.25, -0.2) is 0 Å². The van der Waals surface area contributed by atoms with Crippen molar-refractivity contribution in [3.05, 3.63) is 29.3 Å². The van der Waals surface area contributed by atoms with Crippen molar-refractivity contribution in [2.75, 3.05) is 25.1 Å². The Kier molecular flexibility index (Phi) is 3.44. The highest BCUT2D eigenvalue weighted by Crippen LogP contribution is 2.28. The number of hydrogen-bond acceptors (Lipinski definition) is 3. The van der Waals surface area contributed by atoms with Crippen molar-refractivity contribution in [2.24, 2.45) is 0 Å². The molecule has 1 fully saturated rings. The van der Waals surface area contributed by atoms with E-state index >= 15 is 0 Å². The van der Waals surface area contributed by atoms with E-state index in [9.17, 15) is 9.59 Å². The molecule has 2 amide bonds. The molecule has 0 bridgehead atoms. The van der Waals surface area contributed by atoms with Gasteiger partial charge in [-0.05, 0) is 36.6 Å². The average molecular weight is 274 g/mol. The quantitative estimate of drug-likeness (QED) is 0.898. The van der Waals surface area contributed by atoms with Crippen LogP contribution in [-0.2, 0) is 16.0 Å². The molecule has 5 heteroatoms. The molecular weight excluding hydrogens is 256 g/mol. The summed E-state index contributed by atoms with van der Waals surface area (Å²) in [6.45, 7) is 1.34. The van der Waals surface area contributed by atoms with Gasteiger partial charge in [0.15, 0.2) is 0 Å². The van der Waals surface area contributed by atoms with Gasteiger partial charge in [-0.1, -0.05) is 0 Å². The van der Waals surface area contributed by atoms with Crippen LogP contribution in [0.1, 0.15) is 28.8 Å². The second-order valence-corrected chi connectivity index (χ2v) is 5.32. The lowest BCUT2D eigenvalue weighted by molar-refractivity contribution is -0.117. The predicted octanol–water partition coefficient (Wildman–Crippen LogP) is 1.11. The molecule has 5 nitrogen and oxygen atoms in total. The average Bonchev–Trinajstić information content (AvgIpc) is 3.05. The van der Waals surface area contributed by atoms with Gasteiger partial charge >= 0.3 is 0 Å². The molecule has 1 saturated heterocycles. The maximum atomic E-state index is 12.1. The van der Waals surface area contributed by atoms with Crippen molar-refractivity contribution in [2.45, 2.75) is 25.4 Å². The van der Waals surface area contributed by atoms with Crippen LogP contribution in [0.5, 0.6) is 0 Å². The number of nitrogens with zero attached hydrogens (tertiary/aromatic N) is 1. The summed E-state index contributed by atoms with van der Waals surface area (Å²) >= 11 is 0. The SMILES string of the molecule is CN1C(=O)Cc2cc(C(=O)NC[C@@H]3CCCO3)ccc21. The number of amides is 2. The Hall–Kier alpha value is -1.88. The number of likely N-dealkylation sites (N-methyl/N-ethyl adjacent to an activating group) is 1. The van der Waals surface area contributed by atoms with Gasteiger partial charge in [0.05, 0.1) is 12.5 Å². The van der Waals surface area contributed by atoms with Crippen LogP contribution >= 0.6 is 0 Å². The van der Waals surface area contributed by atoms with Crippen LogP contribution in [0, 0.1) is 0 Å². The second kappa shape index (κ2) is 5.25. The summed E-state index contributed by atoms with van der Waals surface area (Å²) < 4.78 is 5.48. The zero-order valence-corrected chi connectivity index (χ0v) is 11.5. The molecule has 20 heavy (non-hydrogen) atoms. The van der Waals surface area contributed by atoms with Gasteiger partial charge in [0.2, 0.25) is 5.91 Å². The minimum Gasteiger partial charge on any atom is -0.376 e. The van der Waals surface area contributed by atoms with E-state index in [1.54, 1.807) is 18.0 Å². The first-order valence-corrected chi connectivity index (χ1v) is 6.94. The number of benzene rings is 1. The van der Waals surface area contributed by atoms with Gasteiger partial charge in [-0.2, -0.15) is 0 Å². The Bertz CT molecular complexity index is 550. The van der Waals surface area contributed by atoms with E-state index in [1.165, 1.54) is 0 Å². The minimum absolute atomic E-state index is 0.0666. The van der Waals surface area contributed by atoms with Crippen LogP contribution in [-0.4, -0.2) is 38.1 Å². The Morgan fingerprint density at radius 2 is 2.35 bits per heavy atom. The topological polar surface area (TPSA) is 58.6 Å². The van der Waals surface area contributed by atoms with E-state index in [4.69, 9.17) is 4.74 Å². The number of fused-ring (bicyclic) bond motifs is 1. The number of ether oxygens (including phenoxy) is 1. The van der Waals surface area contributed by atoms with Crippen LogP contribution in [0.15, 0.2) is 18.2 Å². The van der Waals surface area contributed by atoms with Crippen molar-refractivity contribution in [3.8, 4) is 0 Å². The number of carbonyl (C=O) groups is 2. The summed E-state index contributed by atoms with van der Waals surface area (Å²) in [6, 6.07) is 5.40. The molecule has 1 N–H and O–H groups in total. The van der Waals surface area contributed by atoms with Gasteiger partial charge in [0.25, 0.3) is 5.91 Å². The molecule has 2 aliphatic heterocycles. The second-order valence-electron chi connectivity index (χ2n) is 5.32. The molecule has 2 aliphatic rings. The summed E-state index contributed by atoms with van der Waals surface area (Å²) in [5.74, 6) is -0.0396. The molecule has 0 radical (unpaired) electrons. The van der Waals surface area contributed by atoms with Crippen LogP contribution in [0.2, 0.25) is 0 Å². The highest BCUT2D eigenvalue weighted by atomic mass is 16.5. The minimum atomic E-state index is -0.106. The van der Waals surface area contributed by atoms with Gasteiger partial charge in [-0.3, -0.25) is 9.59 Å². The van der Waals surface area contributed by atoms with Crippen molar-refractivity contribution >= 4 is 17.5 Å². The molecule has 0 aliphatic carbocycles. The Labute approximate surface area is 117 Å². The highest BCUT2D eigenvalue weighted by Gasteiger charge is 2.25. The molecule has 106 valence electrons. The van der Waals surface area contributed by atoms with Crippen molar-refractivity contribution in [3.63, 3.8) is 0 Å². The van der Waals surface area contributed by atoms with Crippen molar-refractivity contribution in [1.29, 1.82) is 0 Å². The van der Waals surface area contributed by atoms with E-state index in [0.717, 1.165) is 30.7 Å². The Balaban J connectivity index is 1.67. The number of hydrogen-bond donors (Lipinski definition) is 1. The Morgan fingerprint density at radius 3 is 3.10 bits per heavy atom. The summed E-state index contributed by atoms with van der Waals surface area (Å²) in [5.41, 5.74) is 2.41. The summed E-state index contributed by atoms with van der Waals surface area (Å²) in [4.78, 5) is 25.3. The lowest BCUT2D eigenvalue weighted by Crippen LogP contribution is -2.31. The molecule has 0 saturated carbocycles. The molecule has 1 aromatic carbocycles. The molecule has 0 spiro atoms. The number of nitrogens with one attached hydrogen (secondary N) is 1. The molecule has 0 unspecified atom stereocenters. The molecule has 3 rings (SSSR count). The molecule has 2 heterocycles. The number of carbonyl (C=O) groups excluding carboxylic acids is 2. The zero-order chi connectivity index (χ0) is 14.1. The standard InChI is InChI=1S/C15H18N2O3/c1-17-13-5-4-10(7-11(13)8-14(17)18)15(19)16-9-12-3-2-6-20-12/h4-5,7,12H,2-3,6,8-9H2,1H3,(H,16,19)/t12-/m0/s1. The number of anilines is 1. The van der Waals surface area contributed by atoms with Crippen molar-refractivity contribution in [1.82, 2.24) is 5.32 Å². The first kappa shape index (κ1) is 13.1. The first-order chi connectivity index (χ1) is 9.65. The number of rotatable bonds is 3. The largest absolute Gasteiger partial charge is 0.376 e. The predicted molar refractivity (Wildman–Crippen MR) is 74.9 cm³/mol. The van der Waals surface area contributed by atoms with Crippen LogP contribution in [0.25, 0.3) is 0 Å². The van der Waals surface area contributed by atoms with Gasteiger partial charge < -0.3 is 15.0 Å². The summed E-state index contributed by atoms with van der Waals surface area (Å²) in [5, 5.41) is 2.89. The van der Waals surface area contributed by atoms with Crippen LogP contribution < -0.4 is 10.2 Å². The smallest absolute Gasteiger partial charge is 0.251 e. The fourth-order valence-electron chi connectivity index (χ4n) is 2.73. The van der Waals surface area contributed by atoms with E-state index in [1.807, 2.05) is 12.1 Å². The third-order valence-corrected chi connectivity index (χ3v) is 3.93. The normalized spacial score (nSPS) is 21.1. The van der Waals surface area contributed by atoms with Gasteiger partial charge in [0, 0.05) is 31.5 Å². The lowest BCUT2D eigenvalue weighted by atomic mass is 10.1. The van der Waals surface area contributed by atoms with E-state index in [0.29, 0.717) is 18.5 Å². The summed E-state index contributed by atoms with van der Waals surface area (Å²) in [7, 11) is 1.76. The van der Waals surface area contributed by atoms with E-state index in [-0.39, 0.29) is 17.9 Å². The van der Waals surface area contributed by atoms with Crippen molar-refractivity contribution < 1.29 is 14.3 Å². The monoisotopic (exact) mass is 274 g/mol. The lowest BCUT2D eigenvalue weighted by Gasteiger charge is -2.12. The third-order valence-electron chi connectivity index (χ3n) is 3.93. The first-order valence-electron chi connectivity index (χ1n) is 6.94. The fourth-order valence-corrected chi connectivity index (χ4v) is 2.73. The molecule has 1 atom stereocenters. The maximum Gasteiger partial charge on any atom is 0.251 e. The summed E-state index contributed by atoms with van der Waals surface area (Å²) in [6.07, 6.45) is 2.58. The molecule has 0 aromatic heterocycles. The fraction of sp³-hybridized carbons (Fsp3) is 0.467. The maximum absolute atomic E-state index is 12.1. The highest BCUT2D eigenvalue weighted by molar-refractivity contribution is 6.03.